The molecule has 0 saturated carbocycles. The van der Waals surface area contributed by atoms with Gasteiger partial charge in [0.15, 0.2) is 5.11 Å². The molecule has 0 aliphatic carbocycles. The number of nitrogens with one attached hydrogen (secondary N) is 3. The number of rotatable bonds is 10. The molecule has 27 heavy (non-hydrogen) atoms. The van der Waals surface area contributed by atoms with E-state index in [0.29, 0.717) is 24.5 Å². The van der Waals surface area contributed by atoms with Crippen LogP contribution in [-0.4, -0.2) is 23.5 Å². The van der Waals surface area contributed by atoms with E-state index in [1.54, 1.807) is 24.3 Å². The number of amides is 2. The van der Waals surface area contributed by atoms with Crippen molar-refractivity contribution >= 4 is 29.1 Å². The molecule has 0 aliphatic rings. The second-order valence-electron chi connectivity index (χ2n) is 6.85. The maximum atomic E-state index is 12.1. The molecule has 0 unspecified atom stereocenters. The van der Waals surface area contributed by atoms with E-state index in [1.165, 1.54) is 12.8 Å². The van der Waals surface area contributed by atoms with E-state index < -0.39 is 0 Å². The van der Waals surface area contributed by atoms with Crippen LogP contribution in [0.4, 0.5) is 0 Å². The molecule has 0 atom stereocenters. The lowest BCUT2D eigenvalue weighted by Gasteiger charge is -2.12. The molecule has 0 fully saturated rings. The molecule has 3 N–H and O–H groups in total. The van der Waals surface area contributed by atoms with Crippen LogP contribution in [0.15, 0.2) is 24.3 Å². The van der Waals surface area contributed by atoms with Gasteiger partial charge in [-0.3, -0.25) is 20.4 Å². The number of ether oxygens (including phenoxy) is 1. The number of hydrazine groups is 1. The minimum Gasteiger partial charge on any atom is -0.493 e. The first-order chi connectivity index (χ1) is 12.9. The Bertz CT molecular complexity index is 603. The van der Waals surface area contributed by atoms with Crippen LogP contribution in [0.1, 0.15) is 69.7 Å². The third-order valence-corrected chi connectivity index (χ3v) is 3.95. The van der Waals surface area contributed by atoms with Gasteiger partial charge in [-0.05, 0) is 48.8 Å². The van der Waals surface area contributed by atoms with Crippen LogP contribution < -0.4 is 20.9 Å². The quantitative estimate of drug-likeness (QED) is 0.321. The molecule has 1 aromatic carbocycles. The van der Waals surface area contributed by atoms with Gasteiger partial charge in [0.05, 0.1) is 6.61 Å². The van der Waals surface area contributed by atoms with Crippen molar-refractivity contribution in [2.24, 2.45) is 5.92 Å². The normalized spacial score (nSPS) is 10.4. The largest absolute Gasteiger partial charge is 0.493 e. The van der Waals surface area contributed by atoms with E-state index in [-0.39, 0.29) is 16.9 Å². The molecule has 1 rings (SSSR count). The summed E-state index contributed by atoms with van der Waals surface area (Å²) >= 11 is 5.02. The summed E-state index contributed by atoms with van der Waals surface area (Å²) in [5.74, 6) is 0.658. The minimum absolute atomic E-state index is 0.0822. The van der Waals surface area contributed by atoms with Gasteiger partial charge in [-0.15, -0.1) is 0 Å². The fourth-order valence-corrected chi connectivity index (χ4v) is 2.43. The molecule has 1 aromatic rings. The first kappa shape index (κ1) is 22.9. The summed E-state index contributed by atoms with van der Waals surface area (Å²) in [7, 11) is 0. The van der Waals surface area contributed by atoms with Crippen LogP contribution in [0.2, 0.25) is 0 Å². The van der Waals surface area contributed by atoms with Crippen molar-refractivity contribution in [3.05, 3.63) is 29.8 Å². The van der Waals surface area contributed by atoms with E-state index in [4.69, 9.17) is 17.0 Å². The van der Waals surface area contributed by atoms with Crippen LogP contribution in [0, 0.1) is 5.92 Å². The highest BCUT2D eigenvalue weighted by Gasteiger charge is 2.08. The third-order valence-electron chi connectivity index (χ3n) is 3.75. The lowest BCUT2D eigenvalue weighted by atomic mass is 10.1. The van der Waals surface area contributed by atoms with Crippen molar-refractivity contribution < 1.29 is 14.3 Å². The predicted octanol–water partition coefficient (Wildman–Crippen LogP) is 3.72. The molecule has 0 spiro atoms. The number of unbranched alkanes of at least 4 members (excludes halogenated alkanes) is 4. The van der Waals surface area contributed by atoms with Crippen LogP contribution in [0.5, 0.6) is 5.75 Å². The van der Waals surface area contributed by atoms with Gasteiger partial charge < -0.3 is 10.1 Å². The zero-order chi connectivity index (χ0) is 20.1. The Hall–Kier alpha value is -2.15. The van der Waals surface area contributed by atoms with Gasteiger partial charge in [0.1, 0.15) is 5.75 Å². The maximum absolute atomic E-state index is 12.1. The van der Waals surface area contributed by atoms with Crippen molar-refractivity contribution in [1.82, 2.24) is 16.2 Å². The smallest absolute Gasteiger partial charge is 0.269 e. The summed E-state index contributed by atoms with van der Waals surface area (Å²) in [5.41, 5.74) is 5.48. The number of hydrogen-bond donors (Lipinski definition) is 3. The summed E-state index contributed by atoms with van der Waals surface area (Å²) in [5, 5.41) is 2.64. The molecule has 0 radical (unpaired) electrons. The van der Waals surface area contributed by atoms with Gasteiger partial charge in [-0.1, -0.05) is 46.5 Å². The highest BCUT2D eigenvalue weighted by Crippen LogP contribution is 2.13. The van der Waals surface area contributed by atoms with Crippen molar-refractivity contribution in [3.63, 3.8) is 0 Å². The van der Waals surface area contributed by atoms with E-state index in [1.807, 2.05) is 0 Å². The molecular weight excluding hydrogens is 362 g/mol. The zero-order valence-electron chi connectivity index (χ0n) is 16.5. The van der Waals surface area contributed by atoms with Crippen LogP contribution in [-0.2, 0) is 4.79 Å². The number of carbonyl (C=O) groups excluding carboxylic acids is 2. The summed E-state index contributed by atoms with van der Waals surface area (Å²) in [6.45, 7) is 6.92. The molecule has 0 saturated heterocycles. The van der Waals surface area contributed by atoms with Crippen molar-refractivity contribution in [2.45, 2.75) is 59.3 Å². The fourth-order valence-electron chi connectivity index (χ4n) is 2.26. The standard InChI is InChI=1S/C20H31N3O3S/c1-4-5-6-7-8-9-18(24)21-20(27)23-22-19(25)16-10-12-17(13-11-16)26-14-15(2)3/h10-13,15H,4-9,14H2,1-3H3,(H,22,25)(H2,21,23,24,27). The lowest BCUT2D eigenvalue weighted by molar-refractivity contribution is -0.119. The van der Waals surface area contributed by atoms with Crippen LogP contribution in [0.25, 0.3) is 0 Å². The number of thiocarbonyl (C=S) groups is 1. The van der Waals surface area contributed by atoms with E-state index in [0.717, 1.165) is 25.0 Å². The lowest BCUT2D eigenvalue weighted by Crippen LogP contribution is -2.48. The molecule has 0 heterocycles. The van der Waals surface area contributed by atoms with E-state index >= 15 is 0 Å². The average Bonchev–Trinajstić information content (AvgIpc) is 2.64. The average molecular weight is 394 g/mol. The SMILES string of the molecule is CCCCCCCC(=O)NC(=S)NNC(=O)c1ccc(OCC(C)C)cc1. The molecule has 150 valence electrons. The molecule has 0 aliphatic heterocycles. The van der Waals surface area contributed by atoms with Gasteiger partial charge in [-0.2, -0.15) is 0 Å². The van der Waals surface area contributed by atoms with Gasteiger partial charge in [0.2, 0.25) is 5.91 Å². The van der Waals surface area contributed by atoms with E-state index in [9.17, 15) is 9.59 Å². The Morgan fingerprint density at radius 2 is 1.70 bits per heavy atom. The monoisotopic (exact) mass is 393 g/mol. The topological polar surface area (TPSA) is 79.5 Å². The van der Waals surface area contributed by atoms with Gasteiger partial charge >= 0.3 is 0 Å². The number of hydrogen-bond acceptors (Lipinski definition) is 4. The third kappa shape index (κ3) is 10.6. The van der Waals surface area contributed by atoms with Crippen LogP contribution in [0.3, 0.4) is 0 Å². The Morgan fingerprint density at radius 1 is 1.04 bits per heavy atom. The number of carbonyl (C=O) groups is 2. The van der Waals surface area contributed by atoms with Gasteiger partial charge in [-0.25, -0.2) is 0 Å². The maximum Gasteiger partial charge on any atom is 0.269 e. The van der Waals surface area contributed by atoms with Gasteiger partial charge in [0, 0.05) is 12.0 Å². The second-order valence-corrected chi connectivity index (χ2v) is 7.26. The highest BCUT2D eigenvalue weighted by molar-refractivity contribution is 7.80. The molecule has 7 heteroatoms. The second kappa shape index (κ2) is 13.1. The Labute approximate surface area is 167 Å². The zero-order valence-corrected chi connectivity index (χ0v) is 17.3. The Morgan fingerprint density at radius 3 is 2.33 bits per heavy atom. The van der Waals surface area contributed by atoms with Crippen molar-refractivity contribution in [3.8, 4) is 5.75 Å². The van der Waals surface area contributed by atoms with Crippen molar-refractivity contribution in [2.75, 3.05) is 6.61 Å². The highest BCUT2D eigenvalue weighted by atomic mass is 32.1. The Balaban J connectivity index is 2.28. The summed E-state index contributed by atoms with van der Waals surface area (Å²) in [6, 6.07) is 6.83. The summed E-state index contributed by atoms with van der Waals surface area (Å²) in [4.78, 5) is 23.9. The van der Waals surface area contributed by atoms with E-state index in [2.05, 4.69) is 36.9 Å². The van der Waals surface area contributed by atoms with Crippen molar-refractivity contribution in [1.29, 1.82) is 0 Å². The van der Waals surface area contributed by atoms with Crippen LogP contribution >= 0.6 is 12.2 Å². The van der Waals surface area contributed by atoms with Gasteiger partial charge in [0.25, 0.3) is 5.91 Å². The molecule has 0 aromatic heterocycles. The number of benzene rings is 1. The minimum atomic E-state index is -0.346. The molecular formula is C20H31N3O3S. The summed E-state index contributed by atoms with van der Waals surface area (Å²) < 4.78 is 5.58. The first-order valence-corrected chi connectivity index (χ1v) is 9.96. The molecule has 6 nitrogen and oxygen atoms in total. The fraction of sp³-hybridized carbons (Fsp3) is 0.550. The Kier molecular flexibility index (Phi) is 11.1. The summed E-state index contributed by atoms with van der Waals surface area (Å²) in [6.07, 6.45) is 5.81. The molecule has 0 bridgehead atoms. The molecule has 2 amide bonds. The predicted molar refractivity (Wildman–Crippen MR) is 111 cm³/mol. The first-order valence-electron chi connectivity index (χ1n) is 9.55.